The molecule has 3 aliphatic heterocycles. The number of hydrogen-bond acceptors (Lipinski definition) is 6. The minimum Gasteiger partial charge on any atom is -0.487 e. The highest BCUT2D eigenvalue weighted by atomic mass is 35.5. The van der Waals surface area contributed by atoms with Crippen molar-refractivity contribution >= 4 is 23.1 Å². The Hall–Kier alpha value is -3.19. The van der Waals surface area contributed by atoms with Crippen LogP contribution in [0.2, 0.25) is 5.02 Å². The van der Waals surface area contributed by atoms with Gasteiger partial charge in [-0.05, 0) is 72.7 Å². The number of hydrogen-bond donors (Lipinski definition) is 1. The first-order valence-electron chi connectivity index (χ1n) is 13.3. The van der Waals surface area contributed by atoms with Gasteiger partial charge in [-0.15, -0.1) is 0 Å². The Morgan fingerprint density at radius 2 is 1.92 bits per heavy atom. The van der Waals surface area contributed by atoms with Gasteiger partial charge in [-0.25, -0.2) is 0 Å². The second-order valence-electron chi connectivity index (χ2n) is 10.3. The second kappa shape index (κ2) is 10.5. The van der Waals surface area contributed by atoms with Crippen molar-refractivity contribution in [3.8, 4) is 5.75 Å². The molecule has 4 heterocycles. The summed E-state index contributed by atoms with van der Waals surface area (Å²) in [4.78, 5) is 18.7. The summed E-state index contributed by atoms with van der Waals surface area (Å²) in [5, 5.41) is 11.9. The first kappa shape index (κ1) is 25.1. The molecule has 38 heavy (non-hydrogen) atoms. The Bertz CT molecular complexity index is 1360. The van der Waals surface area contributed by atoms with Gasteiger partial charge in [0.25, 0.3) is 0 Å². The predicted octanol–water partition coefficient (Wildman–Crippen LogP) is 5.81. The van der Waals surface area contributed by atoms with Gasteiger partial charge in [0.15, 0.2) is 0 Å². The lowest BCUT2D eigenvalue weighted by Crippen LogP contribution is -2.42. The number of piperidine rings is 1. The van der Waals surface area contributed by atoms with Gasteiger partial charge in [0.05, 0.1) is 11.3 Å². The van der Waals surface area contributed by atoms with Gasteiger partial charge in [-0.3, -0.25) is 9.78 Å². The van der Waals surface area contributed by atoms with Gasteiger partial charge in [0.1, 0.15) is 18.5 Å². The lowest BCUT2D eigenvalue weighted by atomic mass is 9.84. The maximum Gasteiger partial charge on any atom is 0.306 e. The minimum atomic E-state index is -0.804. The van der Waals surface area contributed by atoms with Crippen LogP contribution in [0, 0.1) is 0 Å². The molecule has 0 amide bonds. The molecule has 1 unspecified atom stereocenters. The molecule has 0 radical (unpaired) electrons. The lowest BCUT2D eigenvalue weighted by molar-refractivity contribution is -0.141. The van der Waals surface area contributed by atoms with Crippen LogP contribution in [-0.2, 0) is 21.7 Å². The summed E-state index contributed by atoms with van der Waals surface area (Å²) in [5.41, 5.74) is 5.22. The van der Waals surface area contributed by atoms with E-state index in [1.54, 1.807) is 6.20 Å². The molecule has 7 heteroatoms. The smallest absolute Gasteiger partial charge is 0.306 e. The number of cyclic esters (lactones) is 1. The molecule has 3 aromatic rings. The molecular formula is C31H31ClN2O4. The summed E-state index contributed by atoms with van der Waals surface area (Å²) >= 11 is 6.03. The van der Waals surface area contributed by atoms with Gasteiger partial charge in [0, 0.05) is 48.4 Å². The Morgan fingerprint density at radius 3 is 2.68 bits per heavy atom. The molecule has 0 saturated carbocycles. The molecule has 0 aliphatic carbocycles. The van der Waals surface area contributed by atoms with Crippen LogP contribution in [0.1, 0.15) is 66.2 Å². The fourth-order valence-corrected chi connectivity index (χ4v) is 5.87. The number of benzene rings is 2. The maximum atomic E-state index is 11.7. The molecule has 6 rings (SSSR count). The summed E-state index contributed by atoms with van der Waals surface area (Å²) in [6.07, 6.45) is 7.26. The van der Waals surface area contributed by atoms with Gasteiger partial charge >= 0.3 is 5.97 Å². The van der Waals surface area contributed by atoms with E-state index in [4.69, 9.17) is 21.1 Å². The maximum absolute atomic E-state index is 11.7. The van der Waals surface area contributed by atoms with Crippen LogP contribution in [0.3, 0.4) is 0 Å². The minimum absolute atomic E-state index is 0.143. The fraction of sp³-hybridized carbons (Fsp3) is 0.355. The number of aliphatic hydroxyl groups is 1. The van der Waals surface area contributed by atoms with Crippen molar-refractivity contribution < 1.29 is 19.4 Å². The topological polar surface area (TPSA) is 71.9 Å². The van der Waals surface area contributed by atoms with Gasteiger partial charge in [0.2, 0.25) is 0 Å². The quantitative estimate of drug-likeness (QED) is 0.420. The van der Waals surface area contributed by atoms with Gasteiger partial charge in [-0.1, -0.05) is 41.9 Å². The van der Waals surface area contributed by atoms with Crippen molar-refractivity contribution in [1.29, 1.82) is 0 Å². The zero-order valence-corrected chi connectivity index (χ0v) is 22.0. The predicted molar refractivity (Wildman–Crippen MR) is 146 cm³/mol. The van der Waals surface area contributed by atoms with Crippen molar-refractivity contribution in [2.45, 2.75) is 50.4 Å². The third-order valence-electron chi connectivity index (χ3n) is 7.95. The van der Waals surface area contributed by atoms with Crippen LogP contribution in [0.5, 0.6) is 5.75 Å². The number of fused-ring (bicyclic) bond motifs is 2. The monoisotopic (exact) mass is 530 g/mol. The van der Waals surface area contributed by atoms with Crippen molar-refractivity contribution in [2.24, 2.45) is 0 Å². The molecular weight excluding hydrogens is 500 g/mol. The molecule has 1 aromatic heterocycles. The number of esters is 1. The average molecular weight is 531 g/mol. The summed E-state index contributed by atoms with van der Waals surface area (Å²) in [7, 11) is 0. The fourth-order valence-electron chi connectivity index (χ4n) is 5.74. The number of carbonyl (C=O) groups excluding carboxylic acids is 1. The summed E-state index contributed by atoms with van der Waals surface area (Å²) in [5.74, 6) is 0.671. The van der Waals surface area contributed by atoms with Crippen LogP contribution >= 0.6 is 11.6 Å². The van der Waals surface area contributed by atoms with E-state index < -0.39 is 5.60 Å². The number of rotatable bonds is 5. The zero-order chi connectivity index (χ0) is 26.1. The molecule has 2 saturated heterocycles. The number of halogens is 1. The van der Waals surface area contributed by atoms with Crippen LogP contribution in [0.4, 0.5) is 0 Å². The van der Waals surface area contributed by atoms with E-state index >= 15 is 0 Å². The van der Waals surface area contributed by atoms with Crippen molar-refractivity contribution in [3.05, 3.63) is 99.8 Å². The highest BCUT2D eigenvalue weighted by Gasteiger charge is 2.34. The Labute approximate surface area is 227 Å². The van der Waals surface area contributed by atoms with Crippen molar-refractivity contribution in [1.82, 2.24) is 9.88 Å². The number of aromatic nitrogens is 1. The first-order valence-corrected chi connectivity index (χ1v) is 13.7. The van der Waals surface area contributed by atoms with E-state index in [2.05, 4.69) is 28.1 Å². The first-order chi connectivity index (χ1) is 18.5. The van der Waals surface area contributed by atoms with Crippen LogP contribution in [0.25, 0.3) is 5.57 Å². The van der Waals surface area contributed by atoms with Crippen LogP contribution in [-0.4, -0.2) is 40.6 Å². The van der Waals surface area contributed by atoms with E-state index in [1.807, 2.05) is 42.5 Å². The number of nitrogens with zero attached hydrogens (tertiary/aromatic N) is 2. The number of carbonyl (C=O) groups is 1. The third kappa shape index (κ3) is 5.08. The molecule has 2 fully saturated rings. The molecule has 0 spiro atoms. The zero-order valence-electron chi connectivity index (χ0n) is 21.2. The third-order valence-corrected chi connectivity index (χ3v) is 8.21. The van der Waals surface area contributed by atoms with Crippen LogP contribution < -0.4 is 4.74 Å². The van der Waals surface area contributed by atoms with Crippen molar-refractivity contribution in [3.63, 3.8) is 0 Å². The molecule has 1 atom stereocenters. The molecule has 2 aromatic carbocycles. The van der Waals surface area contributed by atoms with E-state index in [0.29, 0.717) is 37.3 Å². The van der Waals surface area contributed by atoms with Gasteiger partial charge in [-0.2, -0.15) is 0 Å². The molecule has 3 aliphatic rings. The highest BCUT2D eigenvalue weighted by Crippen LogP contribution is 2.40. The number of pyridine rings is 1. The molecule has 6 nitrogen and oxygen atoms in total. The van der Waals surface area contributed by atoms with Crippen molar-refractivity contribution in [2.75, 3.05) is 19.6 Å². The number of ether oxygens (including phenoxy) is 2. The number of likely N-dealkylation sites (tertiary alicyclic amines) is 1. The SMILES string of the molecule is O=C1CCC(c2ccc3c(c2)/C(=C/CCN2CCC(O)(c4ccc(Cl)cc4)CC2)c2cccnc2CO3)O1. The van der Waals surface area contributed by atoms with E-state index in [9.17, 15) is 9.90 Å². The normalized spacial score (nSPS) is 21.8. The largest absolute Gasteiger partial charge is 0.487 e. The lowest BCUT2D eigenvalue weighted by Gasteiger charge is -2.38. The summed E-state index contributed by atoms with van der Waals surface area (Å²) in [6, 6.07) is 17.7. The Balaban J connectivity index is 1.21. The summed E-state index contributed by atoms with van der Waals surface area (Å²) in [6.45, 7) is 2.97. The second-order valence-corrected chi connectivity index (χ2v) is 10.8. The van der Waals surface area contributed by atoms with E-state index in [0.717, 1.165) is 65.3 Å². The summed E-state index contributed by atoms with van der Waals surface area (Å²) < 4.78 is 11.7. The Morgan fingerprint density at radius 1 is 1.11 bits per heavy atom. The molecule has 196 valence electrons. The molecule has 1 N–H and O–H groups in total. The van der Waals surface area contributed by atoms with E-state index in [1.165, 1.54) is 0 Å². The van der Waals surface area contributed by atoms with Gasteiger partial charge < -0.3 is 19.5 Å². The Kier molecular flexibility index (Phi) is 6.95. The molecule has 0 bridgehead atoms. The standard InChI is InChI=1S/C31H31ClN2O4/c32-23-8-6-22(7-9-23)31(36)13-17-34(18-14-31)16-2-4-24-25-3-1-15-33-27(25)20-37-29-10-5-21(19-26(24)29)28-11-12-30(35)38-28/h1,3-10,15,19,28,36H,2,11-14,16-18,20H2/b24-4+. The van der Waals surface area contributed by atoms with E-state index in [-0.39, 0.29) is 12.1 Å². The average Bonchev–Trinajstić information content (AvgIpc) is 3.31. The van der Waals surface area contributed by atoms with Crippen LogP contribution in [0.15, 0.2) is 66.9 Å². The highest BCUT2D eigenvalue weighted by molar-refractivity contribution is 6.30.